The Labute approximate surface area is 361 Å². The van der Waals surface area contributed by atoms with Crippen LogP contribution in [-0.2, 0) is 35.2 Å². The van der Waals surface area contributed by atoms with Crippen molar-refractivity contribution in [3.8, 4) is 23.0 Å². The Balaban J connectivity index is 0.000000238. The molecule has 4 aromatic rings. The van der Waals surface area contributed by atoms with Crippen LogP contribution in [0.4, 0.5) is 26.3 Å². The van der Waals surface area contributed by atoms with Crippen molar-refractivity contribution in [3.05, 3.63) is 118 Å². The fourth-order valence-corrected chi connectivity index (χ4v) is 7.51. The molecule has 0 heterocycles. The number of carbonyl (C=O) groups is 4. The largest absolute Gasteiger partial charge is 0.493 e. The van der Waals surface area contributed by atoms with Crippen LogP contribution in [0.5, 0.6) is 23.0 Å². The molecule has 10 nitrogen and oxygen atoms in total. The second-order valence-electron chi connectivity index (χ2n) is 15.3. The minimum atomic E-state index is -4.85. The predicted molar refractivity (Wildman–Crippen MR) is 221 cm³/mol. The summed E-state index contributed by atoms with van der Waals surface area (Å²) in [6, 6.07) is 21.0. The van der Waals surface area contributed by atoms with Crippen LogP contribution in [0, 0.1) is 0 Å². The Morgan fingerprint density at radius 1 is 0.587 bits per heavy atom. The zero-order valence-corrected chi connectivity index (χ0v) is 35.2. The number of hydrogen-bond donors (Lipinski definition) is 1. The highest BCUT2D eigenvalue weighted by Crippen LogP contribution is 2.41. The van der Waals surface area contributed by atoms with Crippen molar-refractivity contribution in [2.45, 2.75) is 102 Å². The van der Waals surface area contributed by atoms with E-state index < -0.39 is 58.0 Å². The van der Waals surface area contributed by atoms with Crippen molar-refractivity contribution >= 4 is 23.4 Å². The maximum atomic E-state index is 13.8. The number of hydrogen-bond acceptors (Lipinski definition) is 8. The van der Waals surface area contributed by atoms with Crippen molar-refractivity contribution < 1.29 is 64.5 Å². The van der Waals surface area contributed by atoms with Gasteiger partial charge >= 0.3 is 12.4 Å². The number of ether oxygens (including phenoxy) is 4. The third-order valence-corrected chi connectivity index (χ3v) is 11.0. The molecule has 16 heteroatoms. The van der Waals surface area contributed by atoms with Gasteiger partial charge in [0.15, 0.2) is 23.0 Å². The Kier molecular flexibility index (Phi) is 16.6. The zero-order chi connectivity index (χ0) is 45.7. The predicted octanol–water partition coefficient (Wildman–Crippen LogP) is 10.2. The van der Waals surface area contributed by atoms with E-state index in [9.17, 15) is 45.5 Å². The van der Waals surface area contributed by atoms with Gasteiger partial charge < -0.3 is 29.2 Å². The normalized spacial score (nSPS) is 14.7. The van der Waals surface area contributed by atoms with Crippen LogP contribution in [0.15, 0.2) is 84.9 Å². The van der Waals surface area contributed by atoms with E-state index >= 15 is 0 Å². The summed E-state index contributed by atoms with van der Waals surface area (Å²) in [6.07, 6.45) is -1.07. The molecule has 0 spiro atoms. The molecular formula is C47H50F6N2O8. The number of benzene rings is 4. The molecule has 2 aliphatic rings. The molecule has 338 valence electrons. The first-order valence-corrected chi connectivity index (χ1v) is 20.6. The number of methoxy groups -OCH3 is 2. The molecule has 2 fully saturated rings. The van der Waals surface area contributed by atoms with E-state index in [1.54, 1.807) is 48.5 Å². The standard InChI is InChI=1S/C24H26F3NO4.C23H24F3NO4/c1-28(17-11-7-4-8-12-17)23(30)22(29)18-13-21(32-15-16-9-5-3-6-10-16)20(31-2)14-19(18)24(25,26)27;1-30-19-13-18(23(24,25)26)17(12-20(19)31-14-15-8-4-2-5-9-15)21(28)22(29)27-16-10-6-3-7-11-16/h3,5-6,9-10,13-14,17H,4,7-8,11-12,15H2,1-2H3;2,4-5,8-9,12-13,16H,3,6-7,10-11,14H2,1H3,(H,27,29). The van der Waals surface area contributed by atoms with Gasteiger partial charge in [0.2, 0.25) is 0 Å². The molecule has 0 radical (unpaired) electrons. The second kappa shape index (κ2) is 21.8. The summed E-state index contributed by atoms with van der Waals surface area (Å²) in [5, 5.41) is 2.57. The highest BCUT2D eigenvalue weighted by Gasteiger charge is 2.40. The number of nitrogens with one attached hydrogen (secondary N) is 1. The van der Waals surface area contributed by atoms with Gasteiger partial charge in [0.25, 0.3) is 23.4 Å². The Morgan fingerprint density at radius 2 is 1.00 bits per heavy atom. The summed E-state index contributed by atoms with van der Waals surface area (Å²) in [4.78, 5) is 52.2. The van der Waals surface area contributed by atoms with Crippen LogP contribution in [0.1, 0.15) is 107 Å². The number of amides is 2. The van der Waals surface area contributed by atoms with Crippen LogP contribution in [0.2, 0.25) is 0 Å². The number of rotatable bonds is 14. The number of likely N-dealkylation sites (N-methyl/N-ethyl adjacent to an activating group) is 1. The van der Waals surface area contributed by atoms with Crippen LogP contribution in [-0.4, -0.2) is 61.6 Å². The smallest absolute Gasteiger partial charge is 0.417 e. The zero-order valence-electron chi connectivity index (χ0n) is 35.2. The third kappa shape index (κ3) is 13.0. The fraction of sp³-hybridized carbons (Fsp3) is 0.404. The molecule has 0 aromatic heterocycles. The maximum absolute atomic E-state index is 13.8. The van der Waals surface area contributed by atoms with Gasteiger partial charge in [-0.1, -0.05) is 99.2 Å². The molecule has 63 heavy (non-hydrogen) atoms. The van der Waals surface area contributed by atoms with Gasteiger partial charge in [-0.3, -0.25) is 19.2 Å². The molecule has 2 aliphatic carbocycles. The van der Waals surface area contributed by atoms with Crippen LogP contribution >= 0.6 is 0 Å². The van der Waals surface area contributed by atoms with E-state index in [1.165, 1.54) is 26.2 Å². The van der Waals surface area contributed by atoms with Gasteiger partial charge in [-0.25, -0.2) is 0 Å². The van der Waals surface area contributed by atoms with Gasteiger partial charge in [-0.2, -0.15) is 26.3 Å². The van der Waals surface area contributed by atoms with E-state index in [2.05, 4.69) is 5.32 Å². The van der Waals surface area contributed by atoms with Crippen molar-refractivity contribution in [1.29, 1.82) is 0 Å². The lowest BCUT2D eigenvalue weighted by molar-refractivity contribution is -0.139. The van der Waals surface area contributed by atoms with E-state index in [4.69, 9.17) is 18.9 Å². The lowest BCUT2D eigenvalue weighted by Crippen LogP contribution is -2.42. The van der Waals surface area contributed by atoms with Gasteiger partial charge in [0.1, 0.15) is 13.2 Å². The number of carbonyl (C=O) groups excluding carboxylic acids is 4. The maximum Gasteiger partial charge on any atom is 0.417 e. The van der Waals surface area contributed by atoms with E-state index in [-0.39, 0.29) is 48.3 Å². The van der Waals surface area contributed by atoms with E-state index in [0.29, 0.717) is 25.0 Å². The minimum absolute atomic E-state index is 0.0409. The summed E-state index contributed by atoms with van der Waals surface area (Å²) >= 11 is 0. The van der Waals surface area contributed by atoms with Crippen molar-refractivity contribution in [2.75, 3.05) is 21.3 Å². The SMILES string of the molecule is COc1cc(C(F)(F)F)c(C(=O)C(=O)N(C)C2CCCCC2)cc1OCc1ccccc1.COc1cc(C(F)(F)F)c(C(=O)C(=O)NC2CCCCC2)cc1OCc1ccccc1. The highest BCUT2D eigenvalue weighted by molar-refractivity contribution is 6.43. The number of alkyl halides is 6. The number of Topliss-reactive ketones (excluding diaryl/α,β-unsaturated/α-hetero) is 2. The molecule has 0 bridgehead atoms. The molecule has 0 saturated heterocycles. The highest BCUT2D eigenvalue weighted by atomic mass is 19.4. The van der Waals surface area contributed by atoms with Crippen LogP contribution in [0.3, 0.4) is 0 Å². The summed E-state index contributed by atoms with van der Waals surface area (Å²) in [7, 11) is 3.90. The minimum Gasteiger partial charge on any atom is -0.493 e. The number of ketones is 2. The van der Waals surface area contributed by atoms with Gasteiger partial charge in [0.05, 0.1) is 25.3 Å². The molecule has 6 rings (SSSR count). The third-order valence-electron chi connectivity index (χ3n) is 11.0. The lowest BCUT2D eigenvalue weighted by Gasteiger charge is -2.31. The fourth-order valence-electron chi connectivity index (χ4n) is 7.51. The van der Waals surface area contributed by atoms with Crippen molar-refractivity contribution in [3.63, 3.8) is 0 Å². The first-order valence-electron chi connectivity index (χ1n) is 20.6. The quantitative estimate of drug-likeness (QED) is 0.0755. The second-order valence-corrected chi connectivity index (χ2v) is 15.3. The van der Waals surface area contributed by atoms with E-state index in [0.717, 1.165) is 74.6 Å². The summed E-state index contributed by atoms with van der Waals surface area (Å²) in [5.41, 5.74) is -2.39. The average molecular weight is 885 g/mol. The van der Waals surface area contributed by atoms with Crippen LogP contribution < -0.4 is 24.3 Å². The molecule has 2 amide bonds. The van der Waals surface area contributed by atoms with E-state index in [1.807, 2.05) is 12.1 Å². The summed E-state index contributed by atoms with van der Waals surface area (Å²) < 4.78 is 104. The molecule has 2 saturated carbocycles. The molecule has 4 aromatic carbocycles. The molecule has 0 aliphatic heterocycles. The first-order chi connectivity index (χ1) is 30.0. The Morgan fingerprint density at radius 3 is 1.41 bits per heavy atom. The van der Waals surface area contributed by atoms with Gasteiger partial charge in [-0.05, 0) is 61.1 Å². The summed E-state index contributed by atoms with van der Waals surface area (Å²) in [6.45, 7) is 0.122. The monoisotopic (exact) mass is 884 g/mol. The Hall–Kier alpha value is -6.06. The van der Waals surface area contributed by atoms with Crippen LogP contribution in [0.25, 0.3) is 0 Å². The average Bonchev–Trinajstić information content (AvgIpc) is 3.29. The number of halogens is 6. The molecule has 0 unspecified atom stereocenters. The molecular weight excluding hydrogens is 835 g/mol. The Bertz CT molecular complexity index is 2190. The molecule has 0 atom stereocenters. The van der Waals surface area contributed by atoms with Crippen molar-refractivity contribution in [2.24, 2.45) is 0 Å². The van der Waals surface area contributed by atoms with Crippen molar-refractivity contribution in [1.82, 2.24) is 10.2 Å². The van der Waals surface area contributed by atoms with Gasteiger partial charge in [-0.15, -0.1) is 0 Å². The number of nitrogens with zero attached hydrogens (tertiary/aromatic N) is 1. The lowest BCUT2D eigenvalue weighted by atomic mass is 9.93. The first kappa shape index (κ1) is 48.0. The molecule has 1 N–H and O–H groups in total. The topological polar surface area (TPSA) is 120 Å². The summed E-state index contributed by atoms with van der Waals surface area (Å²) in [5.74, 6) is -4.89. The van der Waals surface area contributed by atoms with Gasteiger partial charge in [0, 0.05) is 30.3 Å².